The van der Waals surface area contributed by atoms with Gasteiger partial charge in [0.15, 0.2) is 0 Å². The number of carbonyl (C=O) groups is 2. The molecule has 3 aromatic carbocycles. The molecule has 8 aromatic rings. The van der Waals surface area contributed by atoms with Crippen molar-refractivity contribution in [1.29, 1.82) is 0 Å². The van der Waals surface area contributed by atoms with E-state index in [0.29, 0.717) is 55.6 Å². The molecule has 53 heavy (non-hydrogen) atoms. The maximum atomic E-state index is 12.3. The smallest absolute Gasteiger partial charge is 0.269 e. The van der Waals surface area contributed by atoms with E-state index in [1.54, 1.807) is 40.6 Å². The molecule has 0 atom stereocenters. The van der Waals surface area contributed by atoms with E-state index in [9.17, 15) is 9.59 Å². The molecule has 16 nitrogen and oxygen atoms in total. The first-order chi connectivity index (χ1) is 25.7. The summed E-state index contributed by atoms with van der Waals surface area (Å²) < 4.78 is 16.8. The van der Waals surface area contributed by atoms with Gasteiger partial charge in [-0.25, -0.2) is 0 Å². The van der Waals surface area contributed by atoms with E-state index in [1.807, 2.05) is 74.8 Å². The van der Waals surface area contributed by atoms with E-state index >= 15 is 0 Å². The number of anilines is 2. The highest BCUT2D eigenvalue weighted by atomic mass is 35.5. The van der Waals surface area contributed by atoms with Gasteiger partial charge in [0.25, 0.3) is 11.8 Å². The third kappa shape index (κ3) is 7.75. The summed E-state index contributed by atoms with van der Waals surface area (Å²) >= 11 is 7.14. The second-order valence-corrected chi connectivity index (χ2v) is 12.5. The number of hydrogen-bond donors (Lipinski definition) is 2. The summed E-state index contributed by atoms with van der Waals surface area (Å²) in [6.07, 6.45) is 2.53. The van der Waals surface area contributed by atoms with Crippen LogP contribution in [0, 0.1) is 6.92 Å². The van der Waals surface area contributed by atoms with Gasteiger partial charge in [0.1, 0.15) is 16.3 Å². The zero-order valence-corrected chi connectivity index (χ0v) is 29.7. The number of aryl methyl sites for hydroxylation is 3. The van der Waals surface area contributed by atoms with Crippen molar-refractivity contribution in [2.75, 3.05) is 10.6 Å². The molecule has 0 radical (unpaired) electrons. The fraction of sp³-hybridized carbons (Fsp3) is 0.0857. The van der Waals surface area contributed by atoms with E-state index in [0.717, 1.165) is 34.0 Å². The molecular weight excluding hydrogens is 720 g/mol. The van der Waals surface area contributed by atoms with Crippen LogP contribution in [0.1, 0.15) is 25.7 Å². The Balaban J connectivity index is 0.000000164. The van der Waals surface area contributed by atoms with Crippen LogP contribution in [0.2, 0.25) is 5.02 Å². The average molecular weight is 747 g/mol. The van der Waals surface area contributed by atoms with E-state index in [4.69, 9.17) is 20.6 Å². The van der Waals surface area contributed by atoms with Crippen molar-refractivity contribution in [2.24, 2.45) is 14.1 Å². The number of hydrogen-bond acceptors (Lipinski definition) is 13. The monoisotopic (exact) mass is 746 g/mol. The normalized spacial score (nSPS) is 10.8. The predicted molar refractivity (Wildman–Crippen MR) is 196 cm³/mol. The quantitative estimate of drug-likeness (QED) is 0.169. The molecule has 0 aliphatic rings. The summed E-state index contributed by atoms with van der Waals surface area (Å²) in [5, 5.41) is 26.3. The van der Waals surface area contributed by atoms with Gasteiger partial charge in [-0.05, 0) is 78.1 Å². The lowest BCUT2D eigenvalue weighted by molar-refractivity contribution is 0.102. The number of halogens is 1. The van der Waals surface area contributed by atoms with Crippen LogP contribution in [-0.2, 0) is 14.1 Å². The molecule has 0 spiro atoms. The molecule has 0 aliphatic carbocycles. The summed E-state index contributed by atoms with van der Waals surface area (Å²) in [5.41, 5.74) is 7.32. The maximum Gasteiger partial charge on any atom is 0.269 e. The van der Waals surface area contributed by atoms with Crippen LogP contribution in [0.15, 0.2) is 107 Å². The molecule has 18 heteroatoms. The van der Waals surface area contributed by atoms with Crippen molar-refractivity contribution in [1.82, 2.24) is 49.4 Å². The largest absolute Gasteiger partial charge is 0.342 e. The van der Waals surface area contributed by atoms with Gasteiger partial charge in [0.2, 0.25) is 24.4 Å². The topological polar surface area (TPSA) is 197 Å². The standard InChI is InChI=1S/C19H14ClN5O2.C16H13N7O2S/c1-25-17(10-16(23-25)18-21-11-27-24-18)12-6-8-13(9-7-12)22-19(26)14-4-2-3-5-15(14)20;1-9-14(26-22-19-9)16(24)18-11-5-3-10(4-6-11)13-7-12(20-23(13)2)15-17-8-25-21-15/h2-11H,1H3,(H,22,26);3-8H,1-2H3,(H,18,24). The van der Waals surface area contributed by atoms with Crippen LogP contribution in [0.25, 0.3) is 45.6 Å². The highest BCUT2D eigenvalue weighted by Gasteiger charge is 2.16. The summed E-state index contributed by atoms with van der Waals surface area (Å²) in [6.45, 7) is 1.76. The minimum Gasteiger partial charge on any atom is -0.342 e. The van der Waals surface area contributed by atoms with Crippen LogP contribution in [0.5, 0.6) is 0 Å². The molecule has 264 valence electrons. The molecule has 0 saturated carbocycles. The second-order valence-electron chi connectivity index (χ2n) is 11.3. The Morgan fingerprint density at radius 3 is 1.68 bits per heavy atom. The zero-order valence-electron chi connectivity index (χ0n) is 28.1. The summed E-state index contributed by atoms with van der Waals surface area (Å²) in [7, 11) is 3.68. The molecular formula is C35H27ClN12O4S. The lowest BCUT2D eigenvalue weighted by Crippen LogP contribution is -2.12. The van der Waals surface area contributed by atoms with Gasteiger partial charge in [-0.15, -0.1) is 5.10 Å². The van der Waals surface area contributed by atoms with Crippen LogP contribution < -0.4 is 10.6 Å². The van der Waals surface area contributed by atoms with Gasteiger partial charge in [0, 0.05) is 25.5 Å². The molecule has 8 rings (SSSR count). The Bertz CT molecular complexity index is 2490. The third-order valence-corrected chi connectivity index (χ3v) is 8.95. The Hall–Kier alpha value is -6.85. The van der Waals surface area contributed by atoms with Gasteiger partial charge in [-0.1, -0.05) is 62.8 Å². The average Bonchev–Trinajstić information content (AvgIpc) is 4.01. The molecule has 0 unspecified atom stereocenters. The van der Waals surface area contributed by atoms with Crippen molar-refractivity contribution in [2.45, 2.75) is 6.92 Å². The highest BCUT2D eigenvalue weighted by molar-refractivity contribution is 7.08. The minimum absolute atomic E-state index is 0.217. The predicted octanol–water partition coefficient (Wildman–Crippen LogP) is 6.59. The van der Waals surface area contributed by atoms with Crippen LogP contribution in [0.4, 0.5) is 11.4 Å². The number of nitrogens with zero attached hydrogens (tertiary/aromatic N) is 10. The van der Waals surface area contributed by atoms with E-state index < -0.39 is 0 Å². The van der Waals surface area contributed by atoms with E-state index in [2.05, 4.69) is 50.7 Å². The van der Waals surface area contributed by atoms with Crippen LogP contribution in [-0.4, -0.2) is 61.2 Å². The Labute approximate surface area is 309 Å². The number of aromatic nitrogens is 10. The summed E-state index contributed by atoms with van der Waals surface area (Å²) in [4.78, 5) is 33.1. The van der Waals surface area contributed by atoms with Crippen molar-refractivity contribution in [3.8, 4) is 45.6 Å². The highest BCUT2D eigenvalue weighted by Crippen LogP contribution is 2.27. The fourth-order valence-corrected chi connectivity index (χ4v) is 5.95. The van der Waals surface area contributed by atoms with Crippen molar-refractivity contribution < 1.29 is 18.6 Å². The van der Waals surface area contributed by atoms with Crippen LogP contribution in [0.3, 0.4) is 0 Å². The molecule has 5 aromatic heterocycles. The van der Waals surface area contributed by atoms with Crippen molar-refractivity contribution in [3.05, 3.63) is 119 Å². The Kier molecular flexibility index (Phi) is 9.91. The number of rotatable bonds is 8. The third-order valence-electron chi connectivity index (χ3n) is 7.79. The number of benzene rings is 3. The lowest BCUT2D eigenvalue weighted by Gasteiger charge is -2.08. The van der Waals surface area contributed by atoms with Gasteiger partial charge in [-0.2, -0.15) is 20.2 Å². The van der Waals surface area contributed by atoms with Crippen molar-refractivity contribution in [3.63, 3.8) is 0 Å². The maximum absolute atomic E-state index is 12.3. The first-order valence-electron chi connectivity index (χ1n) is 15.7. The number of carbonyl (C=O) groups excluding carboxylic acids is 2. The van der Waals surface area contributed by atoms with Gasteiger partial charge in [-0.3, -0.25) is 19.0 Å². The molecule has 0 saturated heterocycles. The lowest BCUT2D eigenvalue weighted by atomic mass is 10.1. The summed E-state index contributed by atoms with van der Waals surface area (Å²) in [6, 6.07) is 25.6. The number of nitrogens with one attached hydrogen (secondary N) is 2. The SMILES string of the molecule is Cc1nnsc1C(=O)Nc1ccc(-c2cc(-c3ncon3)nn2C)cc1.Cn1nc(-c2ncon2)cc1-c1ccc(NC(=O)c2ccccc2Cl)cc1. The van der Waals surface area contributed by atoms with Gasteiger partial charge >= 0.3 is 0 Å². The molecule has 0 aliphatic heterocycles. The summed E-state index contributed by atoms with van der Waals surface area (Å²) in [5.74, 6) is 0.392. The molecule has 2 amide bonds. The molecule has 0 fully saturated rings. The fourth-order valence-electron chi connectivity index (χ4n) is 5.18. The number of amides is 2. The minimum atomic E-state index is -0.256. The van der Waals surface area contributed by atoms with E-state index in [-0.39, 0.29) is 11.8 Å². The zero-order chi connectivity index (χ0) is 36.9. The van der Waals surface area contributed by atoms with Gasteiger partial charge in [0.05, 0.1) is 27.7 Å². The molecule has 5 heterocycles. The second kappa shape index (κ2) is 15.2. The first kappa shape index (κ1) is 34.6. The van der Waals surface area contributed by atoms with Crippen molar-refractivity contribution >= 4 is 46.3 Å². The van der Waals surface area contributed by atoms with Gasteiger partial charge < -0.3 is 19.7 Å². The van der Waals surface area contributed by atoms with E-state index in [1.165, 1.54) is 12.8 Å². The van der Waals surface area contributed by atoms with Crippen LogP contribution >= 0.6 is 23.1 Å². The Morgan fingerprint density at radius 1 is 0.717 bits per heavy atom. The first-order valence-corrected chi connectivity index (χ1v) is 16.9. The molecule has 0 bridgehead atoms. The molecule has 2 N–H and O–H groups in total. The Morgan fingerprint density at radius 2 is 1.23 bits per heavy atom.